The Morgan fingerprint density at radius 1 is 1.58 bits per heavy atom. The molecule has 12 heavy (non-hydrogen) atoms. The highest BCUT2D eigenvalue weighted by Gasteiger charge is 2.02. The molecule has 0 radical (unpaired) electrons. The largest absolute Gasteiger partial charge is 0.340 e. The van der Waals surface area contributed by atoms with Crippen LogP contribution in [0.15, 0.2) is 17.2 Å². The molecule has 2 aromatic heterocycles. The number of aromatic nitrogens is 3. The number of H-pyrrole nitrogens is 2. The van der Waals surface area contributed by atoms with Crippen LogP contribution < -0.4 is 5.56 Å². The minimum atomic E-state index is -0.262. The first-order chi connectivity index (χ1) is 5.81. The molecule has 2 rings (SSSR count). The van der Waals surface area contributed by atoms with E-state index in [1.165, 1.54) is 12.4 Å². The molecule has 0 fully saturated rings. The smallest absolute Gasteiger partial charge is 0.275 e. The lowest BCUT2D eigenvalue weighted by Gasteiger charge is -1.83. The van der Waals surface area contributed by atoms with Gasteiger partial charge in [-0.2, -0.15) is 5.26 Å². The zero-order valence-electron chi connectivity index (χ0n) is 5.96. The first kappa shape index (κ1) is 6.61. The van der Waals surface area contributed by atoms with Gasteiger partial charge in [-0.15, -0.1) is 0 Å². The van der Waals surface area contributed by atoms with E-state index < -0.39 is 0 Å². The van der Waals surface area contributed by atoms with Gasteiger partial charge in [-0.05, 0) is 0 Å². The molecule has 2 N–H and O–H groups in total. The average molecular weight is 160 g/mol. The van der Waals surface area contributed by atoms with Gasteiger partial charge in [0.05, 0.1) is 11.8 Å². The molecule has 0 aliphatic heterocycles. The van der Waals surface area contributed by atoms with Crippen molar-refractivity contribution < 1.29 is 0 Å². The molecule has 0 spiro atoms. The van der Waals surface area contributed by atoms with Crippen LogP contribution in [0, 0.1) is 11.3 Å². The van der Waals surface area contributed by atoms with Crippen molar-refractivity contribution in [2.75, 3.05) is 0 Å². The second-order valence-corrected chi connectivity index (χ2v) is 2.29. The van der Waals surface area contributed by atoms with Crippen LogP contribution in [0.5, 0.6) is 0 Å². The van der Waals surface area contributed by atoms with Crippen LogP contribution in [0.4, 0.5) is 0 Å². The predicted octanol–water partition coefficient (Wildman–Crippen LogP) is 0.123. The predicted molar refractivity (Wildman–Crippen MR) is 41.4 cm³/mol. The molecule has 0 atom stereocenters. The molecule has 0 amide bonds. The summed E-state index contributed by atoms with van der Waals surface area (Å²) in [6.07, 6.45) is 1.31. The Morgan fingerprint density at radius 2 is 2.42 bits per heavy atom. The third-order valence-electron chi connectivity index (χ3n) is 1.54. The summed E-state index contributed by atoms with van der Waals surface area (Å²) in [4.78, 5) is 20.0. The number of nitrogens with one attached hydrogen (secondary N) is 2. The monoisotopic (exact) mass is 160 g/mol. The highest BCUT2D eigenvalue weighted by Crippen LogP contribution is 2.05. The van der Waals surface area contributed by atoms with Gasteiger partial charge in [0.2, 0.25) is 0 Å². The molecule has 0 aliphatic carbocycles. The van der Waals surface area contributed by atoms with Crippen LogP contribution in [0.2, 0.25) is 0 Å². The summed E-state index contributed by atoms with van der Waals surface area (Å²) in [5.74, 6) is 0. The SMILES string of the molecule is N#Cc1cc2nc[nH]c(=O)c2[nH]1. The normalized spacial score (nSPS) is 9.92. The fraction of sp³-hybridized carbons (Fsp3) is 0. The van der Waals surface area contributed by atoms with Crippen molar-refractivity contribution in [1.82, 2.24) is 15.0 Å². The minimum absolute atomic E-state index is 0.262. The van der Waals surface area contributed by atoms with E-state index in [-0.39, 0.29) is 5.56 Å². The zero-order chi connectivity index (χ0) is 8.55. The topological polar surface area (TPSA) is 85.3 Å². The number of fused-ring (bicyclic) bond motifs is 1. The van der Waals surface area contributed by atoms with Gasteiger partial charge in [0, 0.05) is 6.07 Å². The number of nitrogens with zero attached hydrogens (tertiary/aromatic N) is 2. The molecule has 5 heteroatoms. The fourth-order valence-corrected chi connectivity index (χ4v) is 1.01. The Bertz CT molecular complexity index is 516. The molecule has 0 saturated heterocycles. The van der Waals surface area contributed by atoms with E-state index in [0.29, 0.717) is 16.7 Å². The quantitative estimate of drug-likeness (QED) is 0.574. The van der Waals surface area contributed by atoms with Crippen molar-refractivity contribution >= 4 is 11.0 Å². The lowest BCUT2D eigenvalue weighted by molar-refractivity contribution is 1.16. The van der Waals surface area contributed by atoms with Crippen molar-refractivity contribution in [3.8, 4) is 6.07 Å². The van der Waals surface area contributed by atoms with Gasteiger partial charge in [0.1, 0.15) is 17.3 Å². The number of rotatable bonds is 0. The Labute approximate surface area is 66.7 Å². The highest BCUT2D eigenvalue weighted by atomic mass is 16.1. The van der Waals surface area contributed by atoms with Gasteiger partial charge < -0.3 is 9.97 Å². The molecule has 0 unspecified atom stereocenters. The van der Waals surface area contributed by atoms with E-state index in [1.54, 1.807) is 0 Å². The maximum absolute atomic E-state index is 11.1. The summed E-state index contributed by atoms with van der Waals surface area (Å²) < 4.78 is 0. The lowest BCUT2D eigenvalue weighted by atomic mass is 10.4. The number of hydrogen-bond acceptors (Lipinski definition) is 3. The Balaban J connectivity index is 2.95. The van der Waals surface area contributed by atoms with E-state index in [9.17, 15) is 4.79 Å². The standard InChI is InChI=1S/C7H4N4O/c8-2-4-1-5-6(11-4)7(12)10-3-9-5/h1,3,11H,(H,9,10,12). The van der Waals surface area contributed by atoms with Gasteiger partial charge >= 0.3 is 0 Å². The molecule has 2 aromatic rings. The summed E-state index contributed by atoms with van der Waals surface area (Å²) in [5, 5.41) is 8.51. The van der Waals surface area contributed by atoms with E-state index >= 15 is 0 Å². The van der Waals surface area contributed by atoms with E-state index in [1.807, 2.05) is 6.07 Å². The van der Waals surface area contributed by atoms with Gasteiger partial charge in [-0.1, -0.05) is 0 Å². The summed E-state index contributed by atoms with van der Waals surface area (Å²) in [7, 11) is 0. The van der Waals surface area contributed by atoms with Crippen LogP contribution in [-0.4, -0.2) is 15.0 Å². The van der Waals surface area contributed by atoms with Crippen molar-refractivity contribution in [3.63, 3.8) is 0 Å². The first-order valence-electron chi connectivity index (χ1n) is 3.28. The second kappa shape index (κ2) is 2.20. The molecule has 0 aromatic carbocycles. The molecule has 2 heterocycles. The number of hydrogen-bond donors (Lipinski definition) is 2. The van der Waals surface area contributed by atoms with Crippen molar-refractivity contribution in [3.05, 3.63) is 28.4 Å². The average Bonchev–Trinajstić information content (AvgIpc) is 2.49. The zero-order valence-corrected chi connectivity index (χ0v) is 5.96. The Hall–Kier alpha value is -2.09. The van der Waals surface area contributed by atoms with E-state index in [4.69, 9.17) is 5.26 Å². The van der Waals surface area contributed by atoms with Crippen LogP contribution in [0.3, 0.4) is 0 Å². The maximum atomic E-state index is 11.1. The molecular formula is C7H4N4O. The highest BCUT2D eigenvalue weighted by molar-refractivity contribution is 5.75. The first-order valence-corrected chi connectivity index (χ1v) is 3.28. The number of aromatic amines is 2. The summed E-state index contributed by atoms with van der Waals surface area (Å²) in [6, 6.07) is 3.43. The molecule has 0 aliphatic rings. The summed E-state index contributed by atoms with van der Waals surface area (Å²) >= 11 is 0. The van der Waals surface area contributed by atoms with Crippen LogP contribution in [-0.2, 0) is 0 Å². The van der Waals surface area contributed by atoms with Gasteiger partial charge in [-0.3, -0.25) is 4.79 Å². The third-order valence-corrected chi connectivity index (χ3v) is 1.54. The van der Waals surface area contributed by atoms with Crippen LogP contribution in [0.1, 0.15) is 5.69 Å². The second-order valence-electron chi connectivity index (χ2n) is 2.29. The summed E-state index contributed by atoms with van der Waals surface area (Å²) in [6.45, 7) is 0. The lowest BCUT2D eigenvalue weighted by Crippen LogP contribution is -2.05. The molecule has 0 bridgehead atoms. The maximum Gasteiger partial charge on any atom is 0.275 e. The number of nitriles is 1. The molecule has 58 valence electrons. The third kappa shape index (κ3) is 0.787. The van der Waals surface area contributed by atoms with Crippen LogP contribution >= 0.6 is 0 Å². The molecule has 5 nitrogen and oxygen atoms in total. The van der Waals surface area contributed by atoms with Gasteiger partial charge in [-0.25, -0.2) is 4.98 Å². The Kier molecular flexibility index (Phi) is 1.21. The van der Waals surface area contributed by atoms with Gasteiger partial charge in [0.25, 0.3) is 5.56 Å². The minimum Gasteiger partial charge on any atom is -0.340 e. The van der Waals surface area contributed by atoms with E-state index in [2.05, 4.69) is 15.0 Å². The van der Waals surface area contributed by atoms with Crippen molar-refractivity contribution in [2.45, 2.75) is 0 Å². The fourth-order valence-electron chi connectivity index (χ4n) is 1.01. The van der Waals surface area contributed by atoms with Crippen molar-refractivity contribution in [2.24, 2.45) is 0 Å². The van der Waals surface area contributed by atoms with Gasteiger partial charge in [0.15, 0.2) is 0 Å². The molecule has 0 saturated carbocycles. The molecular weight excluding hydrogens is 156 g/mol. The Morgan fingerprint density at radius 3 is 3.08 bits per heavy atom. The van der Waals surface area contributed by atoms with Crippen LogP contribution in [0.25, 0.3) is 11.0 Å². The summed E-state index contributed by atoms with van der Waals surface area (Å²) in [5.41, 5.74) is 0.931. The van der Waals surface area contributed by atoms with E-state index in [0.717, 1.165) is 0 Å². The van der Waals surface area contributed by atoms with Crippen molar-refractivity contribution in [1.29, 1.82) is 5.26 Å².